The fraction of sp³-hybridized carbons (Fsp3) is 0.240. The summed E-state index contributed by atoms with van der Waals surface area (Å²) in [6, 6.07) is 12.4. The monoisotopic (exact) mass is 526 g/mol. The molecule has 1 aliphatic rings. The quantitative estimate of drug-likeness (QED) is 0.356. The number of nitrogens with one attached hydrogen (secondary N) is 2. The number of fused-ring (bicyclic) bond motifs is 1. The van der Waals surface area contributed by atoms with Crippen molar-refractivity contribution in [1.29, 1.82) is 0 Å². The highest BCUT2D eigenvalue weighted by molar-refractivity contribution is 7.82. The van der Waals surface area contributed by atoms with Gasteiger partial charge in [-0.3, -0.25) is 14.8 Å². The molecule has 5 rings (SSSR count). The van der Waals surface area contributed by atoms with Gasteiger partial charge in [0.25, 0.3) is 5.91 Å². The Balaban J connectivity index is 0.00000304. The Hall–Kier alpha value is -3.31. The van der Waals surface area contributed by atoms with Gasteiger partial charge in [-0.2, -0.15) is 0 Å². The van der Waals surface area contributed by atoms with Gasteiger partial charge in [-0.25, -0.2) is 8.51 Å². The highest BCUT2D eigenvalue weighted by Gasteiger charge is 2.21. The molecule has 36 heavy (non-hydrogen) atoms. The van der Waals surface area contributed by atoms with Crippen LogP contribution in [0.25, 0.3) is 22.2 Å². The van der Waals surface area contributed by atoms with Crippen molar-refractivity contribution in [3.05, 3.63) is 72.2 Å². The van der Waals surface area contributed by atoms with Crippen LogP contribution in [0.2, 0.25) is 0 Å². The van der Waals surface area contributed by atoms with Crippen LogP contribution in [0.15, 0.2) is 66.0 Å². The Bertz CT molecular complexity index is 1370. The van der Waals surface area contributed by atoms with E-state index in [1.165, 1.54) is 0 Å². The van der Waals surface area contributed by atoms with Crippen molar-refractivity contribution in [2.45, 2.75) is 11.4 Å². The van der Waals surface area contributed by atoms with Crippen molar-refractivity contribution < 1.29 is 14.1 Å². The summed E-state index contributed by atoms with van der Waals surface area (Å²) in [6.07, 6.45) is 4.95. The summed E-state index contributed by atoms with van der Waals surface area (Å²) in [7, 11) is 0.772. The molecule has 1 aliphatic heterocycles. The largest absolute Gasteiger partial charge is 0.494 e. The number of aromatic amines is 1. The van der Waals surface area contributed by atoms with E-state index in [0.717, 1.165) is 31.7 Å². The van der Waals surface area contributed by atoms with Gasteiger partial charge in [0, 0.05) is 67.8 Å². The Morgan fingerprint density at radius 2 is 1.86 bits per heavy atom. The summed E-state index contributed by atoms with van der Waals surface area (Å²) >= 11 is 0. The van der Waals surface area contributed by atoms with Gasteiger partial charge in [0.2, 0.25) is 0 Å². The van der Waals surface area contributed by atoms with E-state index in [-0.39, 0.29) is 24.2 Å². The van der Waals surface area contributed by atoms with E-state index in [4.69, 9.17) is 0 Å². The number of carbonyl (C=O) groups is 1. The number of benzene rings is 1. The zero-order valence-corrected chi connectivity index (χ0v) is 21.3. The maximum Gasteiger partial charge on any atom is 0.251 e. The number of rotatable bonds is 6. The first kappa shape index (κ1) is 25.8. The molecule has 1 aromatic carbocycles. The lowest BCUT2D eigenvalue weighted by Crippen LogP contribution is -2.45. The molecule has 1 fully saturated rings. The van der Waals surface area contributed by atoms with Crippen molar-refractivity contribution in [2.24, 2.45) is 0 Å². The lowest BCUT2D eigenvalue weighted by atomic mass is 10.1. The van der Waals surface area contributed by atoms with Crippen LogP contribution in [0.5, 0.6) is 5.88 Å². The van der Waals surface area contributed by atoms with E-state index in [0.29, 0.717) is 39.2 Å². The number of nitrogens with zero attached hydrogens (tertiary/aromatic N) is 4. The molecule has 1 amide bonds. The molecule has 3 aromatic heterocycles. The number of likely N-dealkylation sites (N-methyl/N-ethyl adjacent to an activating group) is 1. The van der Waals surface area contributed by atoms with Crippen molar-refractivity contribution >= 4 is 40.2 Å². The first-order valence-electron chi connectivity index (χ1n) is 11.3. The molecule has 3 N–H and O–H groups in total. The van der Waals surface area contributed by atoms with Gasteiger partial charge in [0.05, 0.1) is 16.2 Å². The third-order valence-corrected chi connectivity index (χ3v) is 7.61. The molecule has 0 radical (unpaired) electrons. The van der Waals surface area contributed by atoms with Crippen molar-refractivity contribution in [1.82, 2.24) is 29.5 Å². The van der Waals surface area contributed by atoms with E-state index < -0.39 is 11.0 Å². The second-order valence-electron chi connectivity index (χ2n) is 8.51. The third kappa shape index (κ3) is 5.41. The van der Waals surface area contributed by atoms with Crippen LogP contribution in [-0.4, -0.2) is 72.6 Å². The first-order valence-corrected chi connectivity index (χ1v) is 12.4. The molecule has 1 unspecified atom stereocenters. The highest BCUT2D eigenvalue weighted by atomic mass is 35.5. The molecular weight excluding hydrogens is 500 g/mol. The molecule has 4 aromatic rings. The van der Waals surface area contributed by atoms with Crippen LogP contribution < -0.4 is 5.32 Å². The van der Waals surface area contributed by atoms with E-state index in [1.807, 2.05) is 16.4 Å². The van der Waals surface area contributed by atoms with Crippen LogP contribution in [0.4, 0.5) is 0 Å². The Morgan fingerprint density at radius 1 is 1.11 bits per heavy atom. The summed E-state index contributed by atoms with van der Waals surface area (Å²) in [6.45, 7) is 3.61. The van der Waals surface area contributed by atoms with Crippen LogP contribution >= 0.6 is 12.4 Å². The van der Waals surface area contributed by atoms with E-state index >= 15 is 0 Å². The van der Waals surface area contributed by atoms with Gasteiger partial charge in [-0.15, -0.1) is 12.4 Å². The van der Waals surface area contributed by atoms with Gasteiger partial charge in [0.15, 0.2) is 5.88 Å². The second kappa shape index (κ2) is 11.2. The predicted octanol–water partition coefficient (Wildman–Crippen LogP) is 2.95. The van der Waals surface area contributed by atoms with Crippen molar-refractivity contribution in [3.63, 3.8) is 0 Å². The maximum atomic E-state index is 12.9. The SMILES string of the molecule is CN1CCN(S(=O)c2ccc(-c3c(O)[nH]c4ccc(C(=O)NCc5ccncc5)cc34)nc2)CC1.Cl. The van der Waals surface area contributed by atoms with Gasteiger partial charge < -0.3 is 20.3 Å². The molecule has 188 valence electrons. The number of hydrogen-bond donors (Lipinski definition) is 3. The van der Waals surface area contributed by atoms with Crippen LogP contribution in [0, 0.1) is 0 Å². The number of carbonyl (C=O) groups excluding carboxylic acids is 1. The topological polar surface area (TPSA) is 114 Å². The first-order chi connectivity index (χ1) is 17.0. The molecule has 0 saturated carbocycles. The van der Waals surface area contributed by atoms with E-state index in [2.05, 4.69) is 32.2 Å². The van der Waals surface area contributed by atoms with Gasteiger partial charge in [-0.1, -0.05) is 0 Å². The average molecular weight is 527 g/mol. The molecule has 0 spiro atoms. The minimum Gasteiger partial charge on any atom is -0.494 e. The molecule has 0 bridgehead atoms. The highest BCUT2D eigenvalue weighted by Crippen LogP contribution is 2.36. The second-order valence-corrected chi connectivity index (χ2v) is 9.99. The number of amides is 1. The summed E-state index contributed by atoms with van der Waals surface area (Å²) < 4.78 is 14.9. The minimum atomic E-state index is -1.28. The molecule has 0 aliphatic carbocycles. The summed E-state index contributed by atoms with van der Waals surface area (Å²) in [5.41, 5.74) is 3.14. The number of halogens is 1. The number of hydrogen-bond acceptors (Lipinski definition) is 6. The average Bonchev–Trinajstić information content (AvgIpc) is 3.23. The number of pyridine rings is 2. The summed E-state index contributed by atoms with van der Waals surface area (Å²) in [4.78, 5) is 27.0. The number of H-pyrrole nitrogens is 1. The van der Waals surface area contributed by atoms with Gasteiger partial charge in [0.1, 0.15) is 11.0 Å². The van der Waals surface area contributed by atoms with E-state index in [9.17, 15) is 14.1 Å². The lowest BCUT2D eigenvalue weighted by molar-refractivity contribution is 0.0951. The Kier molecular flexibility index (Phi) is 8.00. The molecule has 1 saturated heterocycles. The number of aromatic nitrogens is 3. The molecule has 11 heteroatoms. The maximum absolute atomic E-state index is 12.9. The van der Waals surface area contributed by atoms with Crippen molar-refractivity contribution in [3.8, 4) is 17.1 Å². The Labute approximate surface area is 217 Å². The van der Waals surface area contributed by atoms with Crippen molar-refractivity contribution in [2.75, 3.05) is 33.2 Å². The summed E-state index contributed by atoms with van der Waals surface area (Å²) in [5.74, 6) is -0.254. The van der Waals surface area contributed by atoms with Gasteiger partial charge in [-0.05, 0) is 55.1 Å². The third-order valence-electron chi connectivity index (χ3n) is 6.13. The van der Waals surface area contributed by atoms with Crippen LogP contribution in [-0.2, 0) is 17.5 Å². The summed E-state index contributed by atoms with van der Waals surface area (Å²) in [5, 5.41) is 14.2. The Morgan fingerprint density at radius 3 is 2.56 bits per heavy atom. The minimum absolute atomic E-state index is 0. The molecule has 4 heterocycles. The zero-order chi connectivity index (χ0) is 24.4. The van der Waals surface area contributed by atoms with Crippen LogP contribution in [0.3, 0.4) is 0 Å². The normalized spacial score (nSPS) is 15.4. The van der Waals surface area contributed by atoms with Crippen LogP contribution in [0.1, 0.15) is 15.9 Å². The molecule has 9 nitrogen and oxygen atoms in total. The van der Waals surface area contributed by atoms with E-state index in [1.54, 1.807) is 48.9 Å². The fourth-order valence-corrected chi connectivity index (χ4v) is 5.22. The smallest absolute Gasteiger partial charge is 0.251 e. The number of aromatic hydroxyl groups is 1. The fourth-order valence-electron chi connectivity index (χ4n) is 4.10. The number of piperazine rings is 1. The zero-order valence-electron chi connectivity index (χ0n) is 19.7. The standard InChI is InChI=1S/C25H26N6O3S.ClH/c1-30-10-12-31(13-11-30)35(34)19-3-5-22(27-16-19)23-20-14-18(2-4-21(20)29-25(23)33)24(32)28-15-17-6-8-26-9-7-17;/h2-9,14,16,29,33H,10-13,15H2,1H3,(H,28,32);1H. The van der Waals surface area contributed by atoms with Gasteiger partial charge >= 0.3 is 0 Å². The predicted molar refractivity (Wildman–Crippen MR) is 141 cm³/mol. The molecule has 1 atom stereocenters. The lowest BCUT2D eigenvalue weighted by Gasteiger charge is -2.31. The molecular formula is C25H27ClN6O3S.